The molecule has 1 saturated carbocycles. The molecule has 3 heterocycles. The number of carbonyl (C=O) groups is 1. The van der Waals surface area contributed by atoms with Crippen LogP contribution in [0.25, 0.3) is 10.6 Å². The van der Waals surface area contributed by atoms with Gasteiger partial charge in [-0.3, -0.25) is 4.79 Å². The summed E-state index contributed by atoms with van der Waals surface area (Å²) in [6.07, 6.45) is 3.91. The van der Waals surface area contributed by atoms with Gasteiger partial charge in [-0.05, 0) is 37.7 Å². The Morgan fingerprint density at radius 3 is 2.76 bits per heavy atom. The van der Waals surface area contributed by atoms with Gasteiger partial charge in [-0.15, -0.1) is 10.2 Å². The van der Waals surface area contributed by atoms with Gasteiger partial charge in [0.05, 0.1) is 17.3 Å². The van der Waals surface area contributed by atoms with Gasteiger partial charge in [0.1, 0.15) is 11.2 Å². The highest BCUT2D eigenvalue weighted by Gasteiger charge is 2.43. The second-order valence-electron chi connectivity index (χ2n) is 7.67. The fourth-order valence-electron chi connectivity index (χ4n) is 4.29. The van der Waals surface area contributed by atoms with Crippen molar-refractivity contribution in [3.8, 4) is 16.6 Å². The molecule has 0 aromatic carbocycles. The van der Waals surface area contributed by atoms with E-state index >= 15 is 0 Å². The zero-order valence-electron chi connectivity index (χ0n) is 16.2. The maximum absolute atomic E-state index is 11.5. The second kappa shape index (κ2) is 8.13. The summed E-state index contributed by atoms with van der Waals surface area (Å²) in [6.45, 7) is 5.09. The van der Waals surface area contributed by atoms with Crippen LogP contribution in [0.4, 0.5) is 10.8 Å². The number of pyridine rings is 1. The smallest absolute Gasteiger partial charge is 0.217 e. The monoisotopic (exact) mass is 431 g/mol. The molecule has 0 radical (unpaired) electrons. The molecule has 152 valence electrons. The van der Waals surface area contributed by atoms with Crippen LogP contribution in [0, 0.1) is 23.2 Å². The number of piperidine rings is 1. The fourth-order valence-corrected chi connectivity index (χ4v) is 5.33. The van der Waals surface area contributed by atoms with Gasteiger partial charge in [0, 0.05) is 32.3 Å². The number of nitriles is 1. The quantitative estimate of drug-likeness (QED) is 0.701. The Hall–Kier alpha value is -2.44. The molecule has 2 aromatic rings. The van der Waals surface area contributed by atoms with E-state index in [0.717, 1.165) is 41.6 Å². The zero-order valence-corrected chi connectivity index (χ0v) is 17.8. The minimum atomic E-state index is -0.372. The first-order chi connectivity index (χ1) is 13.9. The van der Waals surface area contributed by atoms with Crippen molar-refractivity contribution in [2.75, 3.05) is 23.3 Å². The van der Waals surface area contributed by atoms with E-state index in [0.29, 0.717) is 22.7 Å². The van der Waals surface area contributed by atoms with Crippen LogP contribution >= 0.6 is 22.9 Å². The molecule has 0 unspecified atom stereocenters. The SMILES string of the molecule is CC(=O)N[C@@H]1[C@@H]2CC[C@H]1CN(c1nnc(-c3cnc(Cl)cc3N[C@H](C)C#N)s1)C2. The molecule has 2 fully saturated rings. The summed E-state index contributed by atoms with van der Waals surface area (Å²) in [6, 6.07) is 3.75. The predicted octanol–water partition coefficient (Wildman–Crippen LogP) is 2.93. The fraction of sp³-hybridized carbons (Fsp3) is 0.526. The maximum atomic E-state index is 11.5. The van der Waals surface area contributed by atoms with E-state index in [1.165, 1.54) is 11.3 Å². The van der Waals surface area contributed by atoms with E-state index in [1.807, 2.05) is 0 Å². The number of nitrogens with one attached hydrogen (secondary N) is 2. The average molecular weight is 432 g/mol. The number of rotatable bonds is 5. The molecule has 8 nitrogen and oxygen atoms in total. The highest BCUT2D eigenvalue weighted by atomic mass is 35.5. The van der Waals surface area contributed by atoms with Crippen molar-refractivity contribution >= 4 is 39.7 Å². The maximum Gasteiger partial charge on any atom is 0.217 e. The van der Waals surface area contributed by atoms with Crippen molar-refractivity contribution in [1.29, 1.82) is 5.26 Å². The number of anilines is 2. The third-order valence-corrected chi connectivity index (χ3v) is 6.78. The minimum Gasteiger partial charge on any atom is -0.369 e. The Bertz CT molecular complexity index is 944. The first-order valence-electron chi connectivity index (χ1n) is 9.62. The lowest BCUT2D eigenvalue weighted by Gasteiger charge is -2.37. The summed E-state index contributed by atoms with van der Waals surface area (Å²) >= 11 is 7.55. The molecule has 2 bridgehead atoms. The van der Waals surface area contributed by atoms with Crippen LogP contribution in [0.3, 0.4) is 0 Å². The normalized spacial score (nSPS) is 24.1. The number of amides is 1. The molecular formula is C19H22ClN7OS. The molecule has 29 heavy (non-hydrogen) atoms. The molecule has 0 spiro atoms. The van der Waals surface area contributed by atoms with E-state index in [-0.39, 0.29) is 18.0 Å². The number of carbonyl (C=O) groups excluding carboxylic acids is 1. The molecule has 1 aliphatic carbocycles. The van der Waals surface area contributed by atoms with Crippen molar-refractivity contribution in [1.82, 2.24) is 20.5 Å². The van der Waals surface area contributed by atoms with Crippen LogP contribution in [0.15, 0.2) is 12.3 Å². The summed E-state index contributed by atoms with van der Waals surface area (Å²) in [5.74, 6) is 0.923. The number of hydrogen-bond acceptors (Lipinski definition) is 8. The molecule has 4 atom stereocenters. The van der Waals surface area contributed by atoms with E-state index < -0.39 is 0 Å². The summed E-state index contributed by atoms with van der Waals surface area (Å²) in [7, 11) is 0. The van der Waals surface area contributed by atoms with E-state index in [4.69, 9.17) is 16.9 Å². The lowest BCUT2D eigenvalue weighted by atomic mass is 9.92. The minimum absolute atomic E-state index is 0.0421. The summed E-state index contributed by atoms with van der Waals surface area (Å²) in [4.78, 5) is 18.0. The van der Waals surface area contributed by atoms with Gasteiger partial charge in [-0.25, -0.2) is 4.98 Å². The topological polar surface area (TPSA) is 107 Å². The molecule has 2 aromatic heterocycles. The second-order valence-corrected chi connectivity index (χ2v) is 9.01. The molecule has 1 aliphatic heterocycles. The molecular weight excluding hydrogens is 410 g/mol. The van der Waals surface area contributed by atoms with Gasteiger partial charge in [0.25, 0.3) is 0 Å². The molecule has 1 saturated heterocycles. The van der Waals surface area contributed by atoms with Crippen LogP contribution < -0.4 is 15.5 Å². The van der Waals surface area contributed by atoms with Crippen molar-refractivity contribution in [3.63, 3.8) is 0 Å². The van der Waals surface area contributed by atoms with Crippen LogP contribution in [-0.2, 0) is 4.79 Å². The largest absolute Gasteiger partial charge is 0.369 e. The number of fused-ring (bicyclic) bond motifs is 2. The van der Waals surface area contributed by atoms with E-state index in [2.05, 4.69) is 36.8 Å². The summed E-state index contributed by atoms with van der Waals surface area (Å²) < 4.78 is 0. The van der Waals surface area contributed by atoms with Gasteiger partial charge in [0.15, 0.2) is 5.01 Å². The Morgan fingerprint density at radius 1 is 1.38 bits per heavy atom. The molecule has 2 N–H and O–H groups in total. The standard InChI is InChI=1S/C19H22ClN7OS/c1-10(6-21)23-15-5-16(20)22-7-14(15)18-25-26-19(29-18)27-8-12-3-4-13(9-27)17(12)24-11(2)28/h5,7,10,12-13,17H,3-4,8-9H2,1-2H3,(H,22,23)(H,24,28)/t10-,12-,13+,17-/m1/s1. The van der Waals surface area contributed by atoms with Crippen LogP contribution in [0.1, 0.15) is 26.7 Å². The third kappa shape index (κ3) is 4.14. The zero-order chi connectivity index (χ0) is 20.5. The van der Waals surface area contributed by atoms with Crippen molar-refractivity contribution < 1.29 is 4.79 Å². The van der Waals surface area contributed by atoms with Crippen LogP contribution in [-0.4, -0.2) is 46.3 Å². The average Bonchev–Trinajstić information content (AvgIpc) is 3.23. The highest BCUT2D eigenvalue weighted by molar-refractivity contribution is 7.18. The van der Waals surface area contributed by atoms with Gasteiger partial charge in [-0.1, -0.05) is 22.9 Å². The molecule has 10 heteroatoms. The molecule has 2 aliphatic rings. The van der Waals surface area contributed by atoms with Gasteiger partial charge in [0.2, 0.25) is 11.0 Å². The van der Waals surface area contributed by atoms with Crippen molar-refractivity contribution in [2.24, 2.45) is 11.8 Å². The lowest BCUT2D eigenvalue weighted by Crippen LogP contribution is -2.52. The Labute approximate surface area is 178 Å². The number of nitrogens with zero attached hydrogens (tertiary/aromatic N) is 5. The summed E-state index contributed by atoms with van der Waals surface area (Å²) in [5.41, 5.74) is 1.49. The first-order valence-corrected chi connectivity index (χ1v) is 10.8. The van der Waals surface area contributed by atoms with Gasteiger partial charge >= 0.3 is 0 Å². The Morgan fingerprint density at radius 2 is 2.10 bits per heavy atom. The van der Waals surface area contributed by atoms with Crippen LogP contribution in [0.5, 0.6) is 0 Å². The van der Waals surface area contributed by atoms with Crippen molar-refractivity contribution in [3.05, 3.63) is 17.4 Å². The predicted molar refractivity (Wildman–Crippen MR) is 113 cm³/mol. The molecule has 1 amide bonds. The van der Waals surface area contributed by atoms with Gasteiger partial charge < -0.3 is 15.5 Å². The third-order valence-electron chi connectivity index (χ3n) is 5.56. The number of hydrogen-bond donors (Lipinski definition) is 2. The summed E-state index contributed by atoms with van der Waals surface area (Å²) in [5, 5.41) is 26.1. The van der Waals surface area contributed by atoms with Gasteiger partial charge in [-0.2, -0.15) is 5.26 Å². The highest BCUT2D eigenvalue weighted by Crippen LogP contribution is 2.41. The first kappa shape index (κ1) is 19.9. The Balaban J connectivity index is 1.55. The van der Waals surface area contributed by atoms with E-state index in [1.54, 1.807) is 26.1 Å². The van der Waals surface area contributed by atoms with E-state index in [9.17, 15) is 4.79 Å². The molecule has 4 rings (SSSR count). The number of halogens is 1. The lowest BCUT2D eigenvalue weighted by molar-refractivity contribution is -0.120. The number of aromatic nitrogens is 3. The van der Waals surface area contributed by atoms with Crippen molar-refractivity contribution in [2.45, 2.75) is 38.8 Å². The van der Waals surface area contributed by atoms with Crippen LogP contribution in [0.2, 0.25) is 5.15 Å². The Kier molecular flexibility index (Phi) is 5.56.